The van der Waals surface area contributed by atoms with E-state index in [1.54, 1.807) is 4.90 Å². The summed E-state index contributed by atoms with van der Waals surface area (Å²) in [5.41, 5.74) is 0. The third kappa shape index (κ3) is 12.7. The van der Waals surface area contributed by atoms with E-state index in [-0.39, 0.29) is 12.4 Å². The summed E-state index contributed by atoms with van der Waals surface area (Å²) in [6, 6.07) is 0.800. The van der Waals surface area contributed by atoms with E-state index in [1.165, 1.54) is 70.9 Å². The molecule has 1 N–H and O–H groups in total. The van der Waals surface area contributed by atoms with Gasteiger partial charge in [0.1, 0.15) is 0 Å². The molecule has 0 bridgehead atoms. The van der Waals surface area contributed by atoms with Crippen LogP contribution in [0.15, 0.2) is 0 Å². The Morgan fingerprint density at radius 1 is 0.722 bits per heavy atom. The highest BCUT2D eigenvalue weighted by Gasteiger charge is 2.08. The molecule has 1 nitrogen and oxygen atoms in total. The van der Waals surface area contributed by atoms with Gasteiger partial charge in [0.25, 0.3) is 0 Å². The minimum Gasteiger partial charge on any atom is -1.00 e. The molecule has 0 rings (SSSR count). The Hall–Kier alpha value is 0.250. The fraction of sp³-hybridized carbons (Fsp3) is 1.00. The van der Waals surface area contributed by atoms with Gasteiger partial charge in [0.15, 0.2) is 0 Å². The van der Waals surface area contributed by atoms with Gasteiger partial charge in [-0.3, -0.25) is 0 Å². The predicted molar refractivity (Wildman–Crippen MR) is 78.7 cm³/mol. The van der Waals surface area contributed by atoms with Crippen molar-refractivity contribution >= 4 is 0 Å². The summed E-state index contributed by atoms with van der Waals surface area (Å²) < 4.78 is 0. The van der Waals surface area contributed by atoms with Crippen molar-refractivity contribution in [1.82, 2.24) is 0 Å². The van der Waals surface area contributed by atoms with E-state index in [4.69, 9.17) is 0 Å². The average Bonchev–Trinajstić information content (AvgIpc) is 2.31. The van der Waals surface area contributed by atoms with Gasteiger partial charge < -0.3 is 17.3 Å². The van der Waals surface area contributed by atoms with Crippen LogP contribution in [0.4, 0.5) is 0 Å². The fourth-order valence-corrected chi connectivity index (χ4v) is 2.54. The minimum atomic E-state index is 0. The van der Waals surface area contributed by atoms with Crippen LogP contribution in [0.2, 0.25) is 0 Å². The fourth-order valence-electron chi connectivity index (χ4n) is 2.54. The first-order chi connectivity index (χ1) is 8.22. The van der Waals surface area contributed by atoms with E-state index in [0.717, 1.165) is 6.04 Å². The second-order valence-corrected chi connectivity index (χ2v) is 5.74. The zero-order valence-electron chi connectivity index (χ0n) is 13.2. The van der Waals surface area contributed by atoms with Gasteiger partial charge >= 0.3 is 0 Å². The maximum absolute atomic E-state index is 2.34. The van der Waals surface area contributed by atoms with Crippen LogP contribution in [0, 0.1) is 0 Å². The van der Waals surface area contributed by atoms with Gasteiger partial charge in [-0.25, -0.2) is 0 Å². The highest BCUT2D eigenvalue weighted by Crippen LogP contribution is 2.08. The van der Waals surface area contributed by atoms with Crippen molar-refractivity contribution in [2.75, 3.05) is 13.1 Å². The van der Waals surface area contributed by atoms with Gasteiger partial charge in [0.2, 0.25) is 0 Å². The number of unbranched alkanes of at least 4 members (excludes halogenated alkanes) is 8. The number of hydrogen-bond donors (Lipinski definition) is 1. The zero-order valence-corrected chi connectivity index (χ0v) is 14.0. The van der Waals surface area contributed by atoms with Crippen LogP contribution in [0.3, 0.4) is 0 Å². The minimum absolute atomic E-state index is 0. The maximum atomic E-state index is 2.34. The molecule has 0 aliphatic rings. The van der Waals surface area contributed by atoms with E-state index in [1.807, 2.05) is 0 Å². The van der Waals surface area contributed by atoms with Gasteiger partial charge in [-0.15, -0.1) is 0 Å². The van der Waals surface area contributed by atoms with E-state index >= 15 is 0 Å². The molecule has 1 atom stereocenters. The summed E-state index contributed by atoms with van der Waals surface area (Å²) >= 11 is 0. The Labute approximate surface area is 122 Å². The summed E-state index contributed by atoms with van der Waals surface area (Å²) in [5, 5.41) is 0. The Morgan fingerprint density at radius 2 is 1.17 bits per heavy atom. The van der Waals surface area contributed by atoms with Crippen LogP contribution >= 0.6 is 0 Å². The molecule has 0 saturated carbocycles. The molecular formula is C16H36ClN. The van der Waals surface area contributed by atoms with E-state index in [9.17, 15) is 0 Å². The molecule has 0 saturated heterocycles. The number of nitrogens with one attached hydrogen (secondary N) is 1. The first-order valence-electron chi connectivity index (χ1n) is 8.06. The summed E-state index contributed by atoms with van der Waals surface area (Å²) in [6.45, 7) is 11.9. The highest BCUT2D eigenvalue weighted by molar-refractivity contribution is 4.46. The van der Waals surface area contributed by atoms with Crippen molar-refractivity contribution in [2.24, 2.45) is 0 Å². The summed E-state index contributed by atoms with van der Waals surface area (Å²) in [7, 11) is 0. The molecule has 0 aromatic heterocycles. The summed E-state index contributed by atoms with van der Waals surface area (Å²) in [4.78, 5) is 1.77. The lowest BCUT2D eigenvalue weighted by Crippen LogP contribution is -3.14. The second kappa shape index (κ2) is 15.3. The second-order valence-electron chi connectivity index (χ2n) is 5.74. The molecule has 2 heteroatoms. The lowest BCUT2D eigenvalue weighted by atomic mass is 10.1. The Morgan fingerprint density at radius 3 is 1.56 bits per heavy atom. The van der Waals surface area contributed by atoms with Gasteiger partial charge in [-0.1, -0.05) is 51.9 Å². The van der Waals surface area contributed by atoms with Crippen LogP contribution in [-0.2, 0) is 0 Å². The molecule has 0 aliphatic heterocycles. The molecule has 0 spiro atoms. The van der Waals surface area contributed by atoms with Crippen LogP contribution in [0.25, 0.3) is 0 Å². The number of halogens is 1. The van der Waals surface area contributed by atoms with E-state index in [0.29, 0.717) is 0 Å². The lowest BCUT2D eigenvalue weighted by molar-refractivity contribution is -0.920. The largest absolute Gasteiger partial charge is 1.00 e. The van der Waals surface area contributed by atoms with Crippen LogP contribution in [-0.4, -0.2) is 19.1 Å². The third-order valence-corrected chi connectivity index (χ3v) is 3.87. The SMILES string of the molecule is CCCCCCCCCCC[NH+](CC)C(C)C.[Cl-]. The van der Waals surface area contributed by atoms with Gasteiger partial charge in [-0.2, -0.15) is 0 Å². The summed E-state index contributed by atoms with van der Waals surface area (Å²) in [6.07, 6.45) is 13.0. The van der Waals surface area contributed by atoms with Crippen LogP contribution in [0.1, 0.15) is 85.5 Å². The summed E-state index contributed by atoms with van der Waals surface area (Å²) in [5.74, 6) is 0. The lowest BCUT2D eigenvalue weighted by Gasteiger charge is -2.21. The number of rotatable bonds is 12. The quantitative estimate of drug-likeness (QED) is 0.504. The van der Waals surface area contributed by atoms with E-state index in [2.05, 4.69) is 27.7 Å². The average molecular weight is 278 g/mol. The number of quaternary nitrogens is 1. The molecular weight excluding hydrogens is 242 g/mol. The molecule has 18 heavy (non-hydrogen) atoms. The monoisotopic (exact) mass is 277 g/mol. The Kier molecular flexibility index (Phi) is 17.5. The molecule has 1 unspecified atom stereocenters. The van der Waals surface area contributed by atoms with Crippen molar-refractivity contribution in [3.05, 3.63) is 0 Å². The normalized spacial score (nSPS) is 12.5. The van der Waals surface area contributed by atoms with Crippen LogP contribution in [0.5, 0.6) is 0 Å². The zero-order chi connectivity index (χ0) is 12.9. The molecule has 0 amide bonds. The first kappa shape index (κ1) is 20.6. The molecule has 0 aliphatic carbocycles. The molecule has 0 heterocycles. The molecule has 0 aromatic rings. The standard InChI is InChI=1S/C16H35N.ClH/c1-5-7-8-9-10-11-12-13-14-15-17(6-2)16(3)4;/h16H,5-15H2,1-4H3;1H. The molecule has 0 fully saturated rings. The van der Waals surface area contributed by atoms with E-state index < -0.39 is 0 Å². The highest BCUT2D eigenvalue weighted by atomic mass is 35.5. The van der Waals surface area contributed by atoms with Crippen molar-refractivity contribution < 1.29 is 17.3 Å². The number of hydrogen-bond acceptors (Lipinski definition) is 0. The Bertz CT molecular complexity index is 148. The van der Waals surface area contributed by atoms with Crippen molar-refractivity contribution in [2.45, 2.75) is 91.5 Å². The Balaban J connectivity index is 0. The van der Waals surface area contributed by atoms with Crippen molar-refractivity contribution in [1.29, 1.82) is 0 Å². The predicted octanol–water partition coefficient (Wildman–Crippen LogP) is 0.834. The van der Waals surface area contributed by atoms with Gasteiger partial charge in [0.05, 0.1) is 19.1 Å². The molecule has 0 aromatic carbocycles. The molecule has 112 valence electrons. The van der Waals surface area contributed by atoms with Gasteiger partial charge in [-0.05, 0) is 33.6 Å². The third-order valence-electron chi connectivity index (χ3n) is 3.87. The topological polar surface area (TPSA) is 4.44 Å². The first-order valence-corrected chi connectivity index (χ1v) is 8.06. The molecule has 0 radical (unpaired) electrons. The van der Waals surface area contributed by atoms with Crippen molar-refractivity contribution in [3.8, 4) is 0 Å². The van der Waals surface area contributed by atoms with Gasteiger partial charge in [0, 0.05) is 0 Å². The maximum Gasteiger partial charge on any atom is 0.0817 e. The van der Waals surface area contributed by atoms with Crippen LogP contribution < -0.4 is 17.3 Å². The van der Waals surface area contributed by atoms with Crippen molar-refractivity contribution in [3.63, 3.8) is 0 Å². The smallest absolute Gasteiger partial charge is 0.0817 e.